The van der Waals surface area contributed by atoms with Gasteiger partial charge in [-0.25, -0.2) is 0 Å². The highest BCUT2D eigenvalue weighted by molar-refractivity contribution is 8.00. The number of benzene rings is 4. The molecule has 0 unspecified atom stereocenters. The van der Waals surface area contributed by atoms with E-state index in [0.29, 0.717) is 34.1 Å². The molecular weight excluding hydrogens is 605 g/mol. The minimum atomic E-state index is -0.127. The Morgan fingerprint density at radius 3 is 1.28 bits per heavy atom. The van der Waals surface area contributed by atoms with Crippen molar-refractivity contribution in [2.24, 2.45) is 0 Å². The molecule has 0 bridgehead atoms. The van der Waals surface area contributed by atoms with Crippen molar-refractivity contribution in [3.63, 3.8) is 0 Å². The molecule has 6 heteroatoms. The Morgan fingerprint density at radius 2 is 0.891 bits per heavy atom. The number of nitrogens with two attached hydrogens (primary N) is 2. The van der Waals surface area contributed by atoms with Gasteiger partial charge in [0.1, 0.15) is 0 Å². The van der Waals surface area contributed by atoms with Crippen molar-refractivity contribution < 1.29 is 9.59 Å². The Kier molecular flexibility index (Phi) is 9.28. The van der Waals surface area contributed by atoms with E-state index in [1.54, 1.807) is 12.1 Å². The second kappa shape index (κ2) is 13.7. The molecule has 4 nitrogen and oxygen atoms in total. The third kappa shape index (κ3) is 6.26. The summed E-state index contributed by atoms with van der Waals surface area (Å²) in [6, 6.07) is 23.9. The summed E-state index contributed by atoms with van der Waals surface area (Å²) < 4.78 is 0. The van der Waals surface area contributed by atoms with Crippen molar-refractivity contribution in [3.05, 3.63) is 106 Å². The van der Waals surface area contributed by atoms with Crippen LogP contribution in [0.25, 0.3) is 0 Å². The van der Waals surface area contributed by atoms with Gasteiger partial charge in [-0.05, 0) is 85.0 Å². The molecule has 4 aromatic carbocycles. The van der Waals surface area contributed by atoms with Crippen molar-refractivity contribution in [2.75, 3.05) is 11.5 Å². The summed E-state index contributed by atoms with van der Waals surface area (Å²) in [5.41, 5.74) is 19.1. The molecular formula is C40H42N2O2S2. The van der Waals surface area contributed by atoms with Gasteiger partial charge in [-0.1, -0.05) is 111 Å². The van der Waals surface area contributed by atoms with Crippen LogP contribution >= 0.6 is 23.5 Å². The maximum Gasteiger partial charge on any atom is 0.196 e. The number of carbonyl (C=O) groups is 2. The standard InChI is InChI=1S/C40H42N2O2S2/c41-31-23-27(25-11-5-1-2-6-12-25)19-21-33(31)45-35-17-9-15-29-37(35)40(44)38-30(39(29)43)16-10-18-36(38)46-34-22-20-28(24-32(34)42)26-13-7-3-4-8-14-26/h9-10,15-26H,1-8,11-14,41-42H2. The van der Waals surface area contributed by atoms with E-state index >= 15 is 0 Å². The largest absolute Gasteiger partial charge is 0.398 e. The van der Waals surface area contributed by atoms with E-state index in [1.165, 1.54) is 112 Å². The van der Waals surface area contributed by atoms with Gasteiger partial charge in [0.25, 0.3) is 0 Å². The number of ketones is 2. The van der Waals surface area contributed by atoms with Crippen LogP contribution in [0.3, 0.4) is 0 Å². The summed E-state index contributed by atoms with van der Waals surface area (Å²) >= 11 is 2.95. The number of anilines is 2. The van der Waals surface area contributed by atoms with Crippen molar-refractivity contribution in [1.29, 1.82) is 0 Å². The molecule has 2 fully saturated rings. The van der Waals surface area contributed by atoms with Crippen molar-refractivity contribution >= 4 is 46.5 Å². The van der Waals surface area contributed by atoms with Gasteiger partial charge in [-0.15, -0.1) is 0 Å². The van der Waals surface area contributed by atoms with Gasteiger partial charge in [-0.2, -0.15) is 0 Å². The Labute approximate surface area is 281 Å². The summed E-state index contributed by atoms with van der Waals surface area (Å²) in [7, 11) is 0. The van der Waals surface area contributed by atoms with E-state index in [0.717, 1.165) is 31.0 Å². The molecule has 4 N–H and O–H groups in total. The minimum absolute atomic E-state index is 0.122. The number of hydrogen-bond donors (Lipinski definition) is 2. The van der Waals surface area contributed by atoms with Crippen molar-refractivity contribution in [2.45, 2.75) is 108 Å². The lowest BCUT2D eigenvalue weighted by molar-refractivity contribution is 0.0974. The van der Waals surface area contributed by atoms with E-state index in [9.17, 15) is 9.59 Å². The molecule has 46 heavy (non-hydrogen) atoms. The third-order valence-corrected chi connectivity index (χ3v) is 12.5. The first-order chi connectivity index (χ1) is 22.5. The van der Waals surface area contributed by atoms with Crippen LogP contribution in [0.5, 0.6) is 0 Å². The van der Waals surface area contributed by atoms with Gasteiger partial charge < -0.3 is 11.5 Å². The Bertz CT molecular complexity index is 1660. The predicted octanol–water partition coefficient (Wildman–Crippen LogP) is 10.8. The van der Waals surface area contributed by atoms with Crippen LogP contribution in [0.2, 0.25) is 0 Å². The third-order valence-electron chi connectivity index (χ3n) is 10.2. The molecule has 236 valence electrons. The summed E-state index contributed by atoms with van der Waals surface area (Å²) in [6.45, 7) is 0. The van der Waals surface area contributed by atoms with E-state index in [2.05, 4.69) is 36.4 Å². The first-order valence-corrected chi connectivity index (χ1v) is 18.6. The molecule has 0 heterocycles. The van der Waals surface area contributed by atoms with Crippen LogP contribution in [0, 0.1) is 0 Å². The lowest BCUT2D eigenvalue weighted by Crippen LogP contribution is -2.22. The van der Waals surface area contributed by atoms with Gasteiger partial charge in [0.05, 0.1) is 0 Å². The SMILES string of the molecule is Nc1cc(C2CCCCCC2)ccc1Sc1cccc2c1C(=O)c1c(Sc3ccc(C4CCCCCC4)cc3N)cccc1C2=O. The fraction of sp³-hybridized carbons (Fsp3) is 0.350. The molecule has 4 aromatic rings. The monoisotopic (exact) mass is 646 g/mol. The van der Waals surface area contributed by atoms with Gasteiger partial charge in [-0.3, -0.25) is 9.59 Å². The molecule has 0 aromatic heterocycles. The molecule has 3 aliphatic rings. The highest BCUT2D eigenvalue weighted by Crippen LogP contribution is 2.44. The average molecular weight is 647 g/mol. The van der Waals surface area contributed by atoms with Crippen LogP contribution in [0.1, 0.15) is 132 Å². The molecule has 7 rings (SSSR count). The summed E-state index contributed by atoms with van der Waals surface area (Å²) in [5.74, 6) is 0.866. The molecule has 0 radical (unpaired) electrons. The maximum absolute atomic E-state index is 14.4. The molecule has 0 aliphatic heterocycles. The second-order valence-corrected chi connectivity index (χ2v) is 15.4. The topological polar surface area (TPSA) is 86.2 Å². The molecule has 2 saturated carbocycles. The summed E-state index contributed by atoms with van der Waals surface area (Å²) in [5, 5.41) is 0. The van der Waals surface area contributed by atoms with Gasteiger partial charge in [0.2, 0.25) is 0 Å². The Morgan fingerprint density at radius 1 is 0.478 bits per heavy atom. The van der Waals surface area contributed by atoms with Crippen LogP contribution in [0.15, 0.2) is 92.4 Å². The van der Waals surface area contributed by atoms with E-state index < -0.39 is 0 Å². The van der Waals surface area contributed by atoms with E-state index in [1.807, 2.05) is 24.3 Å². The first-order valence-electron chi connectivity index (χ1n) is 17.0. The summed E-state index contributed by atoms with van der Waals surface area (Å²) in [4.78, 5) is 31.6. The first kappa shape index (κ1) is 31.1. The fourth-order valence-corrected chi connectivity index (χ4v) is 9.64. The van der Waals surface area contributed by atoms with Crippen molar-refractivity contribution in [3.8, 4) is 0 Å². The lowest BCUT2D eigenvalue weighted by Gasteiger charge is -2.23. The second-order valence-electron chi connectivity index (χ2n) is 13.2. The predicted molar refractivity (Wildman–Crippen MR) is 191 cm³/mol. The van der Waals surface area contributed by atoms with Crippen LogP contribution < -0.4 is 11.5 Å². The fourth-order valence-electron chi connectivity index (χ4n) is 7.64. The summed E-state index contributed by atoms with van der Waals surface area (Å²) in [6.07, 6.45) is 15.2. The molecule has 0 amide bonds. The van der Waals surface area contributed by atoms with Crippen molar-refractivity contribution in [1.82, 2.24) is 0 Å². The number of nitrogen functional groups attached to an aromatic ring is 2. The van der Waals surface area contributed by atoms with E-state index in [4.69, 9.17) is 11.5 Å². The van der Waals surface area contributed by atoms with Crippen LogP contribution in [-0.4, -0.2) is 11.6 Å². The minimum Gasteiger partial charge on any atom is -0.398 e. The van der Waals surface area contributed by atoms with Crippen LogP contribution in [-0.2, 0) is 0 Å². The number of rotatable bonds is 6. The zero-order valence-electron chi connectivity index (χ0n) is 26.4. The number of carbonyl (C=O) groups excluding carboxylic acids is 2. The zero-order chi connectivity index (χ0) is 31.6. The molecule has 0 saturated heterocycles. The van der Waals surface area contributed by atoms with Crippen LogP contribution in [0.4, 0.5) is 11.4 Å². The normalized spacial score (nSPS) is 17.7. The highest BCUT2D eigenvalue weighted by Gasteiger charge is 2.34. The Balaban J connectivity index is 1.17. The van der Waals surface area contributed by atoms with E-state index in [-0.39, 0.29) is 11.6 Å². The lowest BCUT2D eigenvalue weighted by atomic mass is 9.84. The van der Waals surface area contributed by atoms with Gasteiger partial charge in [0, 0.05) is 53.2 Å². The molecule has 0 atom stereocenters. The Hall–Kier alpha value is -3.48. The number of fused-ring (bicyclic) bond motifs is 2. The zero-order valence-corrected chi connectivity index (χ0v) is 28.0. The highest BCUT2D eigenvalue weighted by atomic mass is 32.2. The van der Waals surface area contributed by atoms with Gasteiger partial charge >= 0.3 is 0 Å². The maximum atomic E-state index is 14.4. The molecule has 0 spiro atoms. The molecule has 3 aliphatic carbocycles. The smallest absolute Gasteiger partial charge is 0.196 e. The number of hydrogen-bond acceptors (Lipinski definition) is 6. The van der Waals surface area contributed by atoms with Gasteiger partial charge in [0.15, 0.2) is 11.6 Å². The average Bonchev–Trinajstić information content (AvgIpc) is 3.52. The quantitative estimate of drug-likeness (QED) is 0.141.